The number of hydrogen-bond donors (Lipinski definition) is 0. The zero-order valence-electron chi connectivity index (χ0n) is 15.6. The second-order valence-electron chi connectivity index (χ2n) is 6.39. The van der Waals surface area contributed by atoms with E-state index in [4.69, 9.17) is 4.74 Å². The van der Waals surface area contributed by atoms with Gasteiger partial charge in [-0.3, -0.25) is 0 Å². The zero-order chi connectivity index (χ0) is 21.5. The molecule has 154 valence electrons. The fourth-order valence-corrected chi connectivity index (χ4v) is 4.57. The first-order chi connectivity index (χ1) is 14.3. The molecule has 0 spiro atoms. The Kier molecular flexibility index (Phi) is 4.86. The average Bonchev–Trinajstić information content (AvgIpc) is 2.74. The third-order valence-electron chi connectivity index (χ3n) is 4.59. The molecule has 2 heterocycles. The maximum Gasteiger partial charge on any atom is 0.344 e. The van der Waals surface area contributed by atoms with Crippen LogP contribution in [-0.4, -0.2) is 30.8 Å². The summed E-state index contributed by atoms with van der Waals surface area (Å²) in [5, 5.41) is 0. The van der Waals surface area contributed by atoms with Crippen LogP contribution in [0.4, 0.5) is 25.1 Å². The minimum absolute atomic E-state index is 0.0800. The second-order valence-corrected chi connectivity index (χ2v) is 8.22. The minimum atomic E-state index is -4.35. The maximum absolute atomic E-state index is 14.2. The molecule has 1 aliphatic heterocycles. The van der Waals surface area contributed by atoms with E-state index in [-0.39, 0.29) is 16.3 Å². The Bertz CT molecular complexity index is 1230. The quantitative estimate of drug-likeness (QED) is 0.627. The van der Waals surface area contributed by atoms with E-state index < -0.39 is 34.2 Å². The molecule has 0 unspecified atom stereocenters. The van der Waals surface area contributed by atoms with Crippen molar-refractivity contribution in [2.75, 3.05) is 12.0 Å². The Balaban J connectivity index is 1.85. The van der Waals surface area contributed by atoms with Gasteiger partial charge in [0.05, 0.1) is 19.3 Å². The molecule has 0 aliphatic carbocycles. The molecule has 3 aromatic rings. The lowest BCUT2D eigenvalue weighted by Crippen LogP contribution is -2.48. The van der Waals surface area contributed by atoms with Crippen molar-refractivity contribution in [3.8, 4) is 5.75 Å². The number of carbonyl (C=O) groups is 1. The van der Waals surface area contributed by atoms with E-state index in [0.717, 1.165) is 23.1 Å². The molecule has 0 N–H and O–H groups in total. The summed E-state index contributed by atoms with van der Waals surface area (Å²) in [7, 11) is -2.86. The number of urea groups is 1. The number of anilines is 2. The molecule has 1 aliphatic rings. The van der Waals surface area contributed by atoms with E-state index in [1.54, 1.807) is 24.3 Å². The van der Waals surface area contributed by atoms with Crippen LogP contribution in [0.5, 0.6) is 5.75 Å². The van der Waals surface area contributed by atoms with Gasteiger partial charge in [0, 0.05) is 11.8 Å². The Hall–Kier alpha value is -3.53. The lowest BCUT2D eigenvalue weighted by atomic mass is 10.2. The highest BCUT2D eigenvalue weighted by atomic mass is 32.2. The van der Waals surface area contributed by atoms with Crippen molar-refractivity contribution in [2.45, 2.75) is 11.4 Å². The molecular weight excluding hydrogens is 416 g/mol. The summed E-state index contributed by atoms with van der Waals surface area (Å²) >= 11 is 0. The van der Waals surface area contributed by atoms with Crippen LogP contribution < -0.4 is 9.64 Å². The first-order valence-corrected chi connectivity index (χ1v) is 10.2. The van der Waals surface area contributed by atoms with E-state index in [0.29, 0.717) is 15.7 Å². The number of nitrogens with zero attached hydrogens (tertiary/aromatic N) is 3. The number of halogens is 2. The van der Waals surface area contributed by atoms with Crippen molar-refractivity contribution in [1.82, 2.24) is 9.29 Å². The van der Waals surface area contributed by atoms with E-state index in [1.165, 1.54) is 25.4 Å². The summed E-state index contributed by atoms with van der Waals surface area (Å²) < 4.78 is 59.6. The number of hydrogen-bond acceptors (Lipinski definition) is 5. The predicted molar refractivity (Wildman–Crippen MR) is 104 cm³/mol. The van der Waals surface area contributed by atoms with Gasteiger partial charge >= 0.3 is 6.03 Å². The van der Waals surface area contributed by atoms with Crippen molar-refractivity contribution in [3.05, 3.63) is 78.0 Å². The van der Waals surface area contributed by atoms with Gasteiger partial charge in [-0.25, -0.2) is 36.2 Å². The Morgan fingerprint density at radius 3 is 2.50 bits per heavy atom. The number of amides is 2. The van der Waals surface area contributed by atoms with Gasteiger partial charge in [0.25, 0.3) is 10.0 Å². The maximum atomic E-state index is 14.2. The van der Waals surface area contributed by atoms with Gasteiger partial charge in [0.1, 0.15) is 22.3 Å². The average molecular weight is 431 g/mol. The number of methoxy groups -OCH3 is 1. The fourth-order valence-electron chi connectivity index (χ4n) is 3.11. The number of carbonyl (C=O) groups excluding carboxylic acids is 1. The topological polar surface area (TPSA) is 79.8 Å². The van der Waals surface area contributed by atoms with Gasteiger partial charge < -0.3 is 4.74 Å². The second kappa shape index (κ2) is 7.38. The highest BCUT2D eigenvalue weighted by Crippen LogP contribution is 2.38. The van der Waals surface area contributed by atoms with E-state index in [2.05, 4.69) is 4.98 Å². The lowest BCUT2D eigenvalue weighted by molar-refractivity contribution is 0.228. The Labute approximate surface area is 171 Å². The SMILES string of the molecule is COc1ccc(N2C(=O)N(Cc3cc(F)ccc3F)S(=O)(=O)c3cccnc32)cc1. The molecule has 2 amide bonds. The summed E-state index contributed by atoms with van der Waals surface area (Å²) in [6.45, 7) is -0.675. The number of benzene rings is 2. The van der Waals surface area contributed by atoms with E-state index >= 15 is 0 Å². The molecule has 0 atom stereocenters. The van der Waals surface area contributed by atoms with Crippen LogP contribution in [0.1, 0.15) is 5.56 Å². The van der Waals surface area contributed by atoms with Gasteiger partial charge in [0.15, 0.2) is 5.82 Å². The number of aromatic nitrogens is 1. The molecule has 4 rings (SSSR count). The lowest BCUT2D eigenvalue weighted by Gasteiger charge is -2.35. The zero-order valence-corrected chi connectivity index (χ0v) is 16.4. The molecule has 30 heavy (non-hydrogen) atoms. The Morgan fingerprint density at radius 1 is 1.07 bits per heavy atom. The molecule has 2 aromatic carbocycles. The monoisotopic (exact) mass is 431 g/mol. The van der Waals surface area contributed by atoms with Gasteiger partial charge in [-0.1, -0.05) is 0 Å². The molecule has 0 bridgehead atoms. The number of pyridine rings is 1. The molecule has 0 saturated carbocycles. The standard InChI is InChI=1S/C20H15F2N3O4S/c1-29-16-7-5-15(6-8-16)25-19-18(3-2-10-23-19)30(27,28)24(20(25)26)12-13-11-14(21)4-9-17(13)22/h2-11H,12H2,1H3. The van der Waals surface area contributed by atoms with Crippen LogP contribution in [0.25, 0.3) is 0 Å². The van der Waals surface area contributed by atoms with Gasteiger partial charge in [-0.2, -0.15) is 0 Å². The van der Waals surface area contributed by atoms with Crippen molar-refractivity contribution in [2.24, 2.45) is 0 Å². The predicted octanol–water partition coefficient (Wildman–Crippen LogP) is 3.83. The molecule has 7 nitrogen and oxygen atoms in total. The molecular formula is C20H15F2N3O4S. The normalized spacial score (nSPS) is 15.1. The molecule has 0 radical (unpaired) electrons. The van der Waals surface area contributed by atoms with Crippen LogP contribution in [0.3, 0.4) is 0 Å². The molecule has 1 aromatic heterocycles. The first-order valence-electron chi connectivity index (χ1n) is 8.73. The third kappa shape index (κ3) is 3.24. The van der Waals surface area contributed by atoms with Gasteiger partial charge in [-0.15, -0.1) is 0 Å². The van der Waals surface area contributed by atoms with Gasteiger partial charge in [-0.05, 0) is 54.6 Å². The fraction of sp³-hybridized carbons (Fsp3) is 0.100. The Morgan fingerprint density at radius 2 is 1.80 bits per heavy atom. The van der Waals surface area contributed by atoms with Crippen molar-refractivity contribution >= 4 is 27.6 Å². The van der Waals surface area contributed by atoms with Crippen molar-refractivity contribution in [1.29, 1.82) is 0 Å². The highest BCUT2D eigenvalue weighted by Gasteiger charge is 2.43. The summed E-state index contributed by atoms with van der Waals surface area (Å²) in [4.78, 5) is 18.2. The van der Waals surface area contributed by atoms with Crippen molar-refractivity contribution < 1.29 is 26.7 Å². The minimum Gasteiger partial charge on any atom is -0.497 e. The molecule has 0 fully saturated rings. The van der Waals surface area contributed by atoms with Crippen LogP contribution in [-0.2, 0) is 16.6 Å². The number of rotatable bonds is 4. The number of ether oxygens (including phenoxy) is 1. The molecule has 10 heteroatoms. The van der Waals surface area contributed by atoms with E-state index in [9.17, 15) is 22.0 Å². The summed E-state index contributed by atoms with van der Waals surface area (Å²) in [6.07, 6.45) is 1.36. The van der Waals surface area contributed by atoms with Gasteiger partial charge in [0.2, 0.25) is 0 Å². The smallest absolute Gasteiger partial charge is 0.344 e. The number of sulfonamides is 1. The van der Waals surface area contributed by atoms with Crippen LogP contribution in [0, 0.1) is 11.6 Å². The third-order valence-corrected chi connectivity index (χ3v) is 6.33. The summed E-state index contributed by atoms with van der Waals surface area (Å²) in [5.74, 6) is -1.12. The summed E-state index contributed by atoms with van der Waals surface area (Å²) in [6, 6.07) is 10.7. The van der Waals surface area contributed by atoms with E-state index in [1.807, 2.05) is 0 Å². The summed E-state index contributed by atoms with van der Waals surface area (Å²) in [5.41, 5.74) is 0.0642. The van der Waals surface area contributed by atoms with Crippen LogP contribution in [0.2, 0.25) is 0 Å². The van der Waals surface area contributed by atoms with Crippen molar-refractivity contribution in [3.63, 3.8) is 0 Å². The number of fused-ring (bicyclic) bond motifs is 1. The largest absolute Gasteiger partial charge is 0.497 e. The van der Waals surface area contributed by atoms with Crippen LogP contribution in [0.15, 0.2) is 65.7 Å². The first kappa shape index (κ1) is 19.8. The highest BCUT2D eigenvalue weighted by molar-refractivity contribution is 7.90. The molecule has 0 saturated heterocycles. The van der Waals surface area contributed by atoms with Crippen LogP contribution >= 0.6 is 0 Å².